The summed E-state index contributed by atoms with van der Waals surface area (Å²) in [7, 11) is 0. The van der Waals surface area contributed by atoms with E-state index in [9.17, 15) is 9.59 Å². The first-order valence-corrected chi connectivity index (χ1v) is 10.3. The van der Waals surface area contributed by atoms with Crippen LogP contribution in [-0.4, -0.2) is 28.9 Å². The van der Waals surface area contributed by atoms with E-state index in [2.05, 4.69) is 22.5 Å². The number of benzene rings is 1. The minimum atomic E-state index is -0.787. The predicted molar refractivity (Wildman–Crippen MR) is 113 cm³/mol. The third-order valence-corrected chi connectivity index (χ3v) is 5.40. The molecule has 1 aromatic heterocycles. The maximum absolute atomic E-state index is 12.8. The summed E-state index contributed by atoms with van der Waals surface area (Å²) in [6, 6.07) is 9.78. The van der Waals surface area contributed by atoms with Crippen molar-refractivity contribution in [2.45, 2.75) is 57.4 Å². The molecule has 5 heteroatoms. The third-order valence-electron chi connectivity index (χ3n) is 5.40. The maximum Gasteiger partial charge on any atom is 0.245 e. The molecular formula is C23H29N3O2. The molecule has 28 heavy (non-hydrogen) atoms. The van der Waals surface area contributed by atoms with Gasteiger partial charge in [-0.05, 0) is 31.4 Å². The van der Waals surface area contributed by atoms with E-state index in [1.165, 1.54) is 6.08 Å². The van der Waals surface area contributed by atoms with Crippen LogP contribution in [0.15, 0.2) is 42.6 Å². The average molecular weight is 380 g/mol. The molecule has 1 heterocycles. The molecule has 3 rings (SSSR count). The molecule has 0 atom stereocenters. The number of para-hydroxylation sites is 1. The number of hydrogen-bond donors (Lipinski definition) is 2. The lowest BCUT2D eigenvalue weighted by atomic mass is 9.80. The first-order chi connectivity index (χ1) is 13.6. The number of unbranched alkanes of at least 4 members (excludes halogenated alkanes) is 1. The number of fused-ring (bicyclic) bond motifs is 1. The van der Waals surface area contributed by atoms with Crippen molar-refractivity contribution in [3.63, 3.8) is 0 Å². The van der Waals surface area contributed by atoms with Crippen LogP contribution in [0.2, 0.25) is 0 Å². The summed E-state index contributed by atoms with van der Waals surface area (Å²) < 4.78 is 0. The Kier molecular flexibility index (Phi) is 6.80. The second kappa shape index (κ2) is 9.49. The number of carbonyl (C=O) groups is 2. The molecule has 2 N–H and O–H groups in total. The molecule has 5 nitrogen and oxygen atoms in total. The highest BCUT2D eigenvalue weighted by Crippen LogP contribution is 2.28. The smallest absolute Gasteiger partial charge is 0.245 e. The van der Waals surface area contributed by atoms with Crippen molar-refractivity contribution in [3.8, 4) is 0 Å². The normalized spacial score (nSPS) is 16.2. The van der Waals surface area contributed by atoms with Crippen molar-refractivity contribution in [2.75, 3.05) is 6.54 Å². The number of pyridine rings is 1. The summed E-state index contributed by atoms with van der Waals surface area (Å²) in [6.45, 7) is 2.75. The van der Waals surface area contributed by atoms with Crippen LogP contribution < -0.4 is 10.6 Å². The van der Waals surface area contributed by atoms with E-state index in [1.807, 2.05) is 30.3 Å². The van der Waals surface area contributed by atoms with Gasteiger partial charge in [-0.1, -0.05) is 56.9 Å². The van der Waals surface area contributed by atoms with E-state index in [1.54, 1.807) is 12.3 Å². The average Bonchev–Trinajstić information content (AvgIpc) is 2.73. The fourth-order valence-electron chi connectivity index (χ4n) is 3.82. The van der Waals surface area contributed by atoms with E-state index in [0.29, 0.717) is 19.4 Å². The molecule has 0 saturated heterocycles. The minimum Gasteiger partial charge on any atom is -0.354 e. The molecule has 0 bridgehead atoms. The number of carbonyl (C=O) groups excluding carboxylic acids is 2. The Bertz CT molecular complexity index is 849. The van der Waals surface area contributed by atoms with E-state index in [4.69, 9.17) is 0 Å². The van der Waals surface area contributed by atoms with Gasteiger partial charge in [-0.3, -0.25) is 14.6 Å². The Morgan fingerprint density at radius 3 is 2.71 bits per heavy atom. The summed E-state index contributed by atoms with van der Waals surface area (Å²) in [5, 5.41) is 7.06. The summed E-state index contributed by atoms with van der Waals surface area (Å²) in [6.07, 6.45) is 11.4. The van der Waals surface area contributed by atoms with Crippen molar-refractivity contribution < 1.29 is 9.59 Å². The van der Waals surface area contributed by atoms with Crippen LogP contribution >= 0.6 is 0 Å². The van der Waals surface area contributed by atoms with Gasteiger partial charge in [0.1, 0.15) is 5.54 Å². The summed E-state index contributed by atoms with van der Waals surface area (Å²) in [5.74, 6) is -0.283. The minimum absolute atomic E-state index is 0.0470. The number of aromatic nitrogens is 1. The first-order valence-electron chi connectivity index (χ1n) is 10.3. The predicted octanol–water partition coefficient (Wildman–Crippen LogP) is 3.98. The molecule has 1 aliphatic rings. The van der Waals surface area contributed by atoms with Crippen LogP contribution in [0.25, 0.3) is 17.0 Å². The molecule has 0 aliphatic heterocycles. The zero-order valence-electron chi connectivity index (χ0n) is 16.5. The van der Waals surface area contributed by atoms with Gasteiger partial charge >= 0.3 is 0 Å². The van der Waals surface area contributed by atoms with Crippen molar-refractivity contribution >= 4 is 28.8 Å². The highest BCUT2D eigenvalue weighted by atomic mass is 16.2. The zero-order chi connectivity index (χ0) is 19.8. The van der Waals surface area contributed by atoms with Crippen molar-refractivity contribution in [3.05, 3.63) is 48.2 Å². The van der Waals surface area contributed by atoms with E-state index < -0.39 is 5.54 Å². The molecular weight excluding hydrogens is 350 g/mol. The van der Waals surface area contributed by atoms with Crippen LogP contribution in [0.4, 0.5) is 0 Å². The van der Waals surface area contributed by atoms with E-state index >= 15 is 0 Å². The van der Waals surface area contributed by atoms with Gasteiger partial charge in [-0.15, -0.1) is 0 Å². The molecule has 1 fully saturated rings. The van der Waals surface area contributed by atoms with Gasteiger partial charge in [0.05, 0.1) is 5.52 Å². The van der Waals surface area contributed by atoms with Crippen LogP contribution in [0.1, 0.15) is 57.4 Å². The van der Waals surface area contributed by atoms with E-state index in [0.717, 1.165) is 48.6 Å². The van der Waals surface area contributed by atoms with Gasteiger partial charge in [0.2, 0.25) is 11.8 Å². The van der Waals surface area contributed by atoms with Crippen molar-refractivity contribution in [1.29, 1.82) is 0 Å². The molecule has 0 spiro atoms. The summed E-state index contributed by atoms with van der Waals surface area (Å²) >= 11 is 0. The highest BCUT2D eigenvalue weighted by Gasteiger charge is 2.40. The standard InChI is InChI=1S/C23H29N3O2/c1-2-3-16-25-22(28)23(14-5-4-6-15-23)26-20(27)13-12-19-10-7-9-18-11-8-17-24-21(18)19/h7-13,17H,2-6,14-16H2,1H3,(H,25,28)(H,26,27)/b13-12+. The SMILES string of the molecule is CCCCNC(=O)C1(NC(=O)/C=C/c2cccc3cccnc23)CCCCC1. The fraction of sp³-hybridized carbons (Fsp3) is 0.435. The van der Waals surface area contributed by atoms with Crippen LogP contribution in [0.5, 0.6) is 0 Å². The van der Waals surface area contributed by atoms with Crippen LogP contribution in [-0.2, 0) is 9.59 Å². The topological polar surface area (TPSA) is 71.1 Å². The summed E-state index contributed by atoms with van der Waals surface area (Å²) in [4.78, 5) is 29.9. The summed E-state index contributed by atoms with van der Waals surface area (Å²) in [5.41, 5.74) is 0.960. The Hall–Kier alpha value is -2.69. The van der Waals surface area contributed by atoms with Gasteiger partial charge in [-0.25, -0.2) is 0 Å². The van der Waals surface area contributed by atoms with Crippen molar-refractivity contribution in [1.82, 2.24) is 15.6 Å². The first kappa shape index (κ1) is 20.1. The van der Waals surface area contributed by atoms with Crippen LogP contribution in [0.3, 0.4) is 0 Å². The maximum atomic E-state index is 12.8. The molecule has 2 amide bonds. The fourth-order valence-corrected chi connectivity index (χ4v) is 3.82. The third kappa shape index (κ3) is 4.77. The van der Waals surface area contributed by atoms with Crippen molar-refractivity contribution in [2.24, 2.45) is 0 Å². The lowest BCUT2D eigenvalue weighted by Gasteiger charge is -2.36. The molecule has 0 radical (unpaired) electrons. The molecule has 0 unspecified atom stereocenters. The second-order valence-electron chi connectivity index (χ2n) is 7.50. The van der Waals surface area contributed by atoms with Gasteiger partial charge < -0.3 is 10.6 Å². The molecule has 1 aromatic carbocycles. The Morgan fingerprint density at radius 1 is 1.14 bits per heavy atom. The second-order valence-corrected chi connectivity index (χ2v) is 7.50. The Labute approximate surface area is 166 Å². The number of amides is 2. The largest absolute Gasteiger partial charge is 0.354 e. The highest BCUT2D eigenvalue weighted by molar-refractivity contribution is 5.99. The van der Waals surface area contributed by atoms with Gasteiger partial charge in [0.25, 0.3) is 0 Å². The molecule has 148 valence electrons. The number of hydrogen-bond acceptors (Lipinski definition) is 3. The monoisotopic (exact) mass is 379 g/mol. The van der Waals surface area contributed by atoms with Gasteiger partial charge in [0.15, 0.2) is 0 Å². The van der Waals surface area contributed by atoms with Crippen LogP contribution in [0, 0.1) is 0 Å². The molecule has 2 aromatic rings. The zero-order valence-corrected chi connectivity index (χ0v) is 16.5. The van der Waals surface area contributed by atoms with Gasteiger partial charge in [0, 0.05) is 29.8 Å². The molecule has 1 aliphatic carbocycles. The lowest BCUT2D eigenvalue weighted by molar-refractivity contribution is -0.133. The quantitative estimate of drug-likeness (QED) is 0.565. The van der Waals surface area contributed by atoms with Gasteiger partial charge in [-0.2, -0.15) is 0 Å². The number of nitrogens with zero attached hydrogens (tertiary/aromatic N) is 1. The lowest BCUT2D eigenvalue weighted by Crippen LogP contribution is -2.59. The Morgan fingerprint density at radius 2 is 1.93 bits per heavy atom. The number of rotatable bonds is 7. The van der Waals surface area contributed by atoms with E-state index in [-0.39, 0.29) is 11.8 Å². The number of nitrogens with one attached hydrogen (secondary N) is 2. The molecule has 1 saturated carbocycles. The Balaban J connectivity index is 1.72.